The maximum absolute atomic E-state index is 13.2. The lowest BCUT2D eigenvalue weighted by atomic mass is 9.66. The number of carbonyl (C=O) groups is 1. The lowest BCUT2D eigenvalue weighted by Gasteiger charge is -2.40. The molecule has 1 aliphatic rings. The third-order valence-corrected chi connectivity index (χ3v) is 5.79. The number of aliphatic hydroxyl groups is 1. The smallest absolute Gasteiger partial charge is 0.313 e. The van der Waals surface area contributed by atoms with Crippen LogP contribution in [0.4, 0.5) is 0 Å². The third kappa shape index (κ3) is 3.82. The summed E-state index contributed by atoms with van der Waals surface area (Å²) in [6.07, 6.45) is 0.0812. The maximum Gasteiger partial charge on any atom is 0.313 e. The Morgan fingerprint density at radius 2 is 1.94 bits per heavy atom. The number of esters is 1. The standard InChI is InChI=1S/C23H24N2O6/c1-23(29)11-15-19(21(27)25-24-15)18(14-8-9-16(26)17(10-14)30-2)20(23)22(28)31-12-13-6-4-3-5-7-13/h3-10,18,20,26,29H,11-12H2,1-2H3,(H2,24,25,27). The molecule has 8 heteroatoms. The largest absolute Gasteiger partial charge is 0.504 e. The van der Waals surface area contributed by atoms with E-state index in [-0.39, 0.29) is 30.1 Å². The Labute approximate surface area is 178 Å². The number of fused-ring (bicyclic) bond motifs is 1. The van der Waals surface area contributed by atoms with Crippen LogP contribution in [-0.2, 0) is 22.6 Å². The van der Waals surface area contributed by atoms with Gasteiger partial charge < -0.3 is 24.8 Å². The van der Waals surface area contributed by atoms with Gasteiger partial charge in [0.25, 0.3) is 5.56 Å². The summed E-state index contributed by atoms with van der Waals surface area (Å²) in [5, 5.41) is 26.6. The summed E-state index contributed by atoms with van der Waals surface area (Å²) in [5.74, 6) is -2.33. The van der Waals surface area contributed by atoms with Crippen molar-refractivity contribution in [1.82, 2.24) is 10.2 Å². The van der Waals surface area contributed by atoms with Crippen LogP contribution in [0, 0.1) is 5.92 Å². The van der Waals surface area contributed by atoms with Crippen LogP contribution in [0.25, 0.3) is 0 Å². The molecule has 1 aliphatic carbocycles. The van der Waals surface area contributed by atoms with Crippen LogP contribution < -0.4 is 10.3 Å². The van der Waals surface area contributed by atoms with Crippen molar-refractivity contribution in [3.8, 4) is 11.5 Å². The average molecular weight is 424 g/mol. The fraction of sp³-hybridized carbons (Fsp3) is 0.304. The molecule has 4 N–H and O–H groups in total. The van der Waals surface area contributed by atoms with Crippen LogP contribution >= 0.6 is 0 Å². The fourth-order valence-corrected chi connectivity index (χ4v) is 4.32. The number of carbonyl (C=O) groups excluding carboxylic acids is 1. The molecule has 3 atom stereocenters. The molecule has 162 valence electrons. The number of benzene rings is 2. The normalized spacial score (nSPS) is 22.5. The van der Waals surface area contributed by atoms with E-state index in [4.69, 9.17) is 9.47 Å². The number of hydrogen-bond donors (Lipinski definition) is 4. The zero-order chi connectivity index (χ0) is 22.2. The summed E-state index contributed by atoms with van der Waals surface area (Å²) < 4.78 is 10.8. The minimum Gasteiger partial charge on any atom is -0.504 e. The number of methoxy groups -OCH3 is 1. The first-order valence-electron chi connectivity index (χ1n) is 9.91. The molecule has 8 nitrogen and oxygen atoms in total. The molecule has 0 aliphatic heterocycles. The fourth-order valence-electron chi connectivity index (χ4n) is 4.32. The molecule has 0 radical (unpaired) electrons. The van der Waals surface area contributed by atoms with E-state index < -0.39 is 23.4 Å². The van der Waals surface area contributed by atoms with E-state index in [1.807, 2.05) is 30.3 Å². The van der Waals surface area contributed by atoms with E-state index in [9.17, 15) is 19.8 Å². The minimum atomic E-state index is -1.48. The van der Waals surface area contributed by atoms with Crippen LogP contribution in [0.5, 0.6) is 11.5 Å². The second-order valence-electron chi connectivity index (χ2n) is 7.99. The molecule has 1 heterocycles. The van der Waals surface area contributed by atoms with Gasteiger partial charge >= 0.3 is 5.97 Å². The molecule has 4 rings (SSSR count). The lowest BCUT2D eigenvalue weighted by molar-refractivity contribution is -0.161. The van der Waals surface area contributed by atoms with E-state index >= 15 is 0 Å². The summed E-state index contributed by atoms with van der Waals surface area (Å²) in [4.78, 5) is 25.9. The zero-order valence-electron chi connectivity index (χ0n) is 17.2. The van der Waals surface area contributed by atoms with Gasteiger partial charge in [0.05, 0.1) is 18.6 Å². The summed E-state index contributed by atoms with van der Waals surface area (Å²) >= 11 is 0. The second-order valence-corrected chi connectivity index (χ2v) is 7.99. The van der Waals surface area contributed by atoms with Gasteiger partial charge in [0.1, 0.15) is 6.61 Å². The van der Waals surface area contributed by atoms with E-state index in [1.165, 1.54) is 13.2 Å². The van der Waals surface area contributed by atoms with Gasteiger partial charge in [0, 0.05) is 23.6 Å². The number of nitrogens with one attached hydrogen (secondary N) is 2. The van der Waals surface area contributed by atoms with E-state index in [0.29, 0.717) is 16.8 Å². The van der Waals surface area contributed by atoms with Crippen LogP contribution in [0.15, 0.2) is 53.3 Å². The van der Waals surface area contributed by atoms with Gasteiger partial charge in [0.15, 0.2) is 11.5 Å². The molecule has 3 unspecified atom stereocenters. The number of phenolic OH excluding ortho intramolecular Hbond substituents is 1. The monoisotopic (exact) mass is 424 g/mol. The van der Waals surface area contributed by atoms with Gasteiger partial charge in [-0.05, 0) is 30.2 Å². The predicted molar refractivity (Wildman–Crippen MR) is 112 cm³/mol. The first kappa shape index (κ1) is 20.7. The van der Waals surface area contributed by atoms with Gasteiger partial charge in [0.2, 0.25) is 0 Å². The van der Waals surface area contributed by atoms with Gasteiger partial charge in [-0.3, -0.25) is 14.7 Å². The summed E-state index contributed by atoms with van der Waals surface area (Å²) in [6, 6.07) is 13.8. The van der Waals surface area contributed by atoms with Gasteiger partial charge in [-0.2, -0.15) is 0 Å². The van der Waals surface area contributed by atoms with Crippen LogP contribution in [0.2, 0.25) is 0 Å². The van der Waals surface area contributed by atoms with Crippen molar-refractivity contribution in [3.05, 3.63) is 81.3 Å². The van der Waals surface area contributed by atoms with Crippen molar-refractivity contribution in [2.24, 2.45) is 5.92 Å². The summed E-state index contributed by atoms with van der Waals surface area (Å²) in [6.45, 7) is 1.61. The third-order valence-electron chi connectivity index (χ3n) is 5.79. The molecule has 1 aromatic heterocycles. The molecule has 0 bridgehead atoms. The molecule has 2 aromatic carbocycles. The second kappa shape index (κ2) is 7.96. The molecular weight excluding hydrogens is 400 g/mol. The predicted octanol–water partition coefficient (Wildman–Crippen LogP) is 2.22. The van der Waals surface area contributed by atoms with Crippen LogP contribution in [0.3, 0.4) is 0 Å². The van der Waals surface area contributed by atoms with Gasteiger partial charge in [-0.25, -0.2) is 0 Å². The number of H-pyrrole nitrogens is 2. The molecule has 0 fully saturated rings. The molecule has 3 aromatic rings. The van der Waals surface area contributed by atoms with Crippen molar-refractivity contribution in [1.29, 1.82) is 0 Å². The Morgan fingerprint density at radius 1 is 1.19 bits per heavy atom. The van der Waals surface area contributed by atoms with E-state index in [1.54, 1.807) is 19.1 Å². The Balaban J connectivity index is 1.77. The van der Waals surface area contributed by atoms with E-state index in [2.05, 4.69) is 10.2 Å². The Bertz CT molecular complexity index is 1150. The number of aromatic hydroxyl groups is 1. The van der Waals surface area contributed by atoms with Gasteiger partial charge in [-0.15, -0.1) is 0 Å². The van der Waals surface area contributed by atoms with Crippen molar-refractivity contribution in [3.63, 3.8) is 0 Å². The maximum atomic E-state index is 13.2. The van der Waals surface area contributed by atoms with Crippen LogP contribution in [-0.4, -0.2) is 39.1 Å². The van der Waals surface area contributed by atoms with Gasteiger partial charge in [-0.1, -0.05) is 36.4 Å². The van der Waals surface area contributed by atoms with Crippen molar-refractivity contribution in [2.75, 3.05) is 7.11 Å². The zero-order valence-corrected chi connectivity index (χ0v) is 17.2. The molecule has 0 saturated carbocycles. The Kier molecular flexibility index (Phi) is 5.32. The lowest BCUT2D eigenvalue weighted by Crippen LogP contribution is -2.50. The first-order valence-corrected chi connectivity index (χ1v) is 9.91. The highest BCUT2D eigenvalue weighted by Gasteiger charge is 2.51. The molecular formula is C23H24N2O6. The van der Waals surface area contributed by atoms with Crippen LogP contribution in [0.1, 0.15) is 35.2 Å². The minimum absolute atomic E-state index is 0.0498. The molecule has 0 spiro atoms. The highest BCUT2D eigenvalue weighted by molar-refractivity contribution is 5.77. The van der Waals surface area contributed by atoms with Crippen molar-refractivity contribution >= 4 is 5.97 Å². The number of phenols is 1. The topological polar surface area (TPSA) is 125 Å². The number of ether oxygens (including phenoxy) is 2. The number of hydrogen-bond acceptors (Lipinski definition) is 6. The summed E-state index contributed by atoms with van der Waals surface area (Å²) in [5.41, 5.74) is 0.391. The molecule has 0 saturated heterocycles. The molecule has 0 amide bonds. The quantitative estimate of drug-likeness (QED) is 0.466. The average Bonchev–Trinajstić information content (AvgIpc) is 3.11. The number of aromatic amines is 2. The Hall–Kier alpha value is -3.52. The molecule has 31 heavy (non-hydrogen) atoms. The highest BCUT2D eigenvalue weighted by atomic mass is 16.5. The first-order chi connectivity index (χ1) is 14.8. The highest BCUT2D eigenvalue weighted by Crippen LogP contribution is 2.46. The van der Waals surface area contributed by atoms with Crippen molar-refractivity contribution < 1.29 is 24.5 Å². The number of rotatable bonds is 5. The Morgan fingerprint density at radius 3 is 2.65 bits per heavy atom. The SMILES string of the molecule is COc1cc(C2c3c([nH][nH]c3=O)CC(C)(O)C2C(=O)OCc2ccccc2)ccc1O. The van der Waals surface area contributed by atoms with Crippen molar-refractivity contribution in [2.45, 2.75) is 31.5 Å². The van der Waals surface area contributed by atoms with E-state index in [0.717, 1.165) is 5.56 Å². The summed E-state index contributed by atoms with van der Waals surface area (Å²) in [7, 11) is 1.41. The number of aromatic nitrogens is 2.